The monoisotopic (exact) mass is 359 g/mol. The van der Waals surface area contributed by atoms with Crippen molar-refractivity contribution in [1.82, 2.24) is 0 Å². The second kappa shape index (κ2) is 7.70. The molecule has 0 unspecified atom stereocenters. The second-order valence-electron chi connectivity index (χ2n) is 5.91. The molecule has 2 aromatic rings. The molecule has 0 bridgehead atoms. The number of ketones is 1. The van der Waals surface area contributed by atoms with Crippen molar-refractivity contribution in [1.29, 1.82) is 0 Å². The number of benzene rings is 1. The van der Waals surface area contributed by atoms with E-state index in [-0.39, 0.29) is 18.3 Å². The fraction of sp³-hybridized carbons (Fsp3) is 0.368. The van der Waals surface area contributed by atoms with Crippen molar-refractivity contribution in [2.24, 2.45) is 0 Å². The molecule has 0 aliphatic heterocycles. The molecule has 0 spiro atoms. The number of hydrogen-bond donors (Lipinski definition) is 1. The third kappa shape index (κ3) is 3.69. The number of fused-ring (bicyclic) bond motifs is 1. The van der Waals surface area contributed by atoms with E-state index in [1.54, 1.807) is 42.7 Å². The van der Waals surface area contributed by atoms with E-state index in [1.807, 2.05) is 0 Å². The predicted octanol–water partition coefficient (Wildman–Crippen LogP) is 3.72. The van der Waals surface area contributed by atoms with E-state index in [1.165, 1.54) is 12.0 Å². The van der Waals surface area contributed by atoms with Gasteiger partial charge in [-0.05, 0) is 55.5 Å². The van der Waals surface area contributed by atoms with Gasteiger partial charge in [0, 0.05) is 10.4 Å². The summed E-state index contributed by atoms with van der Waals surface area (Å²) in [6, 6.07) is 7.00. The number of ether oxygens (including phenoxy) is 2. The van der Waals surface area contributed by atoms with Crippen LogP contribution >= 0.6 is 11.3 Å². The number of carbonyl (C=O) groups excluding carboxylic acids is 2. The number of methoxy groups -OCH3 is 2. The zero-order chi connectivity index (χ0) is 17.8. The van der Waals surface area contributed by atoms with Crippen molar-refractivity contribution >= 4 is 28.1 Å². The van der Waals surface area contributed by atoms with Gasteiger partial charge in [-0.3, -0.25) is 4.79 Å². The number of hydrogen-bond acceptors (Lipinski definition) is 6. The average molecular weight is 359 g/mol. The summed E-state index contributed by atoms with van der Waals surface area (Å²) in [5.41, 5.74) is 2.29. The van der Waals surface area contributed by atoms with Crippen LogP contribution in [0.15, 0.2) is 24.3 Å². The number of anilines is 1. The first-order chi connectivity index (χ1) is 12.1. The highest BCUT2D eigenvalue weighted by Crippen LogP contribution is 2.38. The van der Waals surface area contributed by atoms with Crippen LogP contribution in [0, 0.1) is 0 Å². The minimum absolute atomic E-state index is 0.0372. The summed E-state index contributed by atoms with van der Waals surface area (Å²) < 4.78 is 10.0. The lowest BCUT2D eigenvalue weighted by atomic mass is 9.95. The van der Waals surface area contributed by atoms with E-state index in [0.29, 0.717) is 16.9 Å². The summed E-state index contributed by atoms with van der Waals surface area (Å²) in [5.74, 6) is 0.340. The lowest BCUT2D eigenvalue weighted by Gasteiger charge is -2.12. The van der Waals surface area contributed by atoms with Gasteiger partial charge in [0.05, 0.1) is 26.3 Å². The lowest BCUT2D eigenvalue weighted by molar-refractivity contribution is 0.0600. The van der Waals surface area contributed by atoms with Crippen LogP contribution in [0.1, 0.15) is 44.0 Å². The van der Waals surface area contributed by atoms with Gasteiger partial charge in [0.25, 0.3) is 0 Å². The van der Waals surface area contributed by atoms with E-state index >= 15 is 0 Å². The molecule has 1 N–H and O–H groups in total. The number of carbonyl (C=O) groups is 2. The first kappa shape index (κ1) is 17.5. The van der Waals surface area contributed by atoms with E-state index in [4.69, 9.17) is 9.47 Å². The van der Waals surface area contributed by atoms with Crippen LogP contribution in [0.5, 0.6) is 5.75 Å². The molecule has 1 aliphatic rings. The van der Waals surface area contributed by atoms with Crippen molar-refractivity contribution in [3.63, 3.8) is 0 Å². The number of nitrogens with one attached hydrogen (secondary N) is 1. The predicted molar refractivity (Wildman–Crippen MR) is 98.1 cm³/mol. The zero-order valence-electron chi connectivity index (χ0n) is 14.4. The highest BCUT2D eigenvalue weighted by Gasteiger charge is 2.26. The van der Waals surface area contributed by atoms with Crippen molar-refractivity contribution in [3.8, 4) is 5.75 Å². The zero-order valence-corrected chi connectivity index (χ0v) is 15.2. The summed E-state index contributed by atoms with van der Waals surface area (Å²) in [7, 11) is 2.98. The SMILES string of the molecule is COC(=O)c1c(NCC(=O)c2ccc(OC)cc2)sc2c1CCCC2. The maximum Gasteiger partial charge on any atom is 0.341 e. The van der Waals surface area contributed by atoms with Crippen LogP contribution in [-0.4, -0.2) is 32.5 Å². The maximum atomic E-state index is 12.4. The van der Waals surface area contributed by atoms with Gasteiger partial charge in [0.15, 0.2) is 5.78 Å². The second-order valence-corrected chi connectivity index (χ2v) is 7.02. The summed E-state index contributed by atoms with van der Waals surface area (Å²) in [4.78, 5) is 25.8. The molecule has 5 nitrogen and oxygen atoms in total. The molecule has 0 atom stereocenters. The Labute approximate surface area is 151 Å². The standard InChI is InChI=1S/C19H21NO4S/c1-23-13-9-7-12(8-10-13)15(21)11-20-18-17(19(22)24-2)14-5-3-4-6-16(14)25-18/h7-10,20H,3-6,11H2,1-2H3. The topological polar surface area (TPSA) is 64.6 Å². The van der Waals surface area contributed by atoms with E-state index in [9.17, 15) is 9.59 Å². The van der Waals surface area contributed by atoms with Crippen molar-refractivity contribution in [2.45, 2.75) is 25.7 Å². The fourth-order valence-corrected chi connectivity index (χ4v) is 4.32. The summed E-state index contributed by atoms with van der Waals surface area (Å²) in [6.45, 7) is 0.135. The molecule has 1 aromatic carbocycles. The van der Waals surface area contributed by atoms with Gasteiger partial charge in [-0.15, -0.1) is 11.3 Å². The summed E-state index contributed by atoms with van der Waals surface area (Å²) in [6.07, 6.45) is 4.10. The number of thiophene rings is 1. The average Bonchev–Trinajstić information content (AvgIpc) is 3.04. The van der Waals surface area contributed by atoms with Crippen molar-refractivity contribution in [2.75, 3.05) is 26.1 Å². The van der Waals surface area contributed by atoms with E-state index in [0.717, 1.165) is 36.2 Å². The number of Topliss-reactive ketones (excluding diaryl/α,β-unsaturated/α-hetero) is 1. The van der Waals surface area contributed by atoms with Gasteiger partial charge in [-0.25, -0.2) is 4.79 Å². The number of esters is 1. The molecule has 0 amide bonds. The molecule has 1 heterocycles. The van der Waals surface area contributed by atoms with Gasteiger partial charge in [-0.2, -0.15) is 0 Å². The molecule has 6 heteroatoms. The molecule has 1 aromatic heterocycles. The Kier molecular flexibility index (Phi) is 5.38. The minimum atomic E-state index is -0.334. The van der Waals surface area contributed by atoms with Crippen LogP contribution in [0.2, 0.25) is 0 Å². The molecule has 132 valence electrons. The van der Waals surface area contributed by atoms with Crippen molar-refractivity contribution < 1.29 is 19.1 Å². The largest absolute Gasteiger partial charge is 0.497 e. The first-order valence-corrected chi connectivity index (χ1v) is 9.09. The molecular formula is C19H21NO4S. The van der Waals surface area contributed by atoms with Gasteiger partial charge < -0.3 is 14.8 Å². The first-order valence-electron chi connectivity index (χ1n) is 8.28. The molecule has 3 rings (SSSR count). The normalized spacial score (nSPS) is 13.0. The van der Waals surface area contributed by atoms with Crippen LogP contribution in [0.25, 0.3) is 0 Å². The fourth-order valence-electron chi connectivity index (χ4n) is 3.05. The van der Waals surface area contributed by atoms with Crippen molar-refractivity contribution in [3.05, 3.63) is 45.8 Å². The van der Waals surface area contributed by atoms with Gasteiger partial charge in [0.1, 0.15) is 10.8 Å². The Morgan fingerprint density at radius 2 is 1.84 bits per heavy atom. The summed E-state index contributed by atoms with van der Waals surface area (Å²) in [5, 5.41) is 3.89. The quantitative estimate of drug-likeness (QED) is 0.629. The highest BCUT2D eigenvalue weighted by atomic mass is 32.1. The molecule has 0 fully saturated rings. The molecule has 25 heavy (non-hydrogen) atoms. The molecule has 1 aliphatic carbocycles. The highest BCUT2D eigenvalue weighted by molar-refractivity contribution is 7.16. The smallest absolute Gasteiger partial charge is 0.341 e. The Morgan fingerprint density at radius 1 is 1.12 bits per heavy atom. The van der Waals surface area contributed by atoms with Gasteiger partial charge in [0.2, 0.25) is 0 Å². The Balaban J connectivity index is 1.77. The van der Waals surface area contributed by atoms with Gasteiger partial charge in [-0.1, -0.05) is 0 Å². The molecule has 0 radical (unpaired) electrons. The number of aryl methyl sites for hydroxylation is 1. The third-order valence-electron chi connectivity index (χ3n) is 4.38. The van der Waals surface area contributed by atoms with Crippen LogP contribution < -0.4 is 10.1 Å². The Bertz CT molecular complexity index is 779. The Hall–Kier alpha value is -2.34. The van der Waals surface area contributed by atoms with Crippen LogP contribution in [0.3, 0.4) is 0 Å². The molecule has 0 saturated heterocycles. The summed E-state index contributed by atoms with van der Waals surface area (Å²) >= 11 is 1.56. The number of rotatable bonds is 6. The Morgan fingerprint density at radius 3 is 2.52 bits per heavy atom. The van der Waals surface area contributed by atoms with Gasteiger partial charge >= 0.3 is 5.97 Å². The molecule has 0 saturated carbocycles. The third-order valence-corrected chi connectivity index (χ3v) is 5.63. The van der Waals surface area contributed by atoms with Crippen LogP contribution in [-0.2, 0) is 17.6 Å². The van der Waals surface area contributed by atoms with Crippen LogP contribution in [0.4, 0.5) is 5.00 Å². The van der Waals surface area contributed by atoms with E-state index in [2.05, 4.69) is 5.32 Å². The van der Waals surface area contributed by atoms with E-state index < -0.39 is 0 Å². The minimum Gasteiger partial charge on any atom is -0.497 e. The molecular weight excluding hydrogens is 338 g/mol. The maximum absolute atomic E-state index is 12.4. The lowest BCUT2D eigenvalue weighted by Crippen LogP contribution is -2.16.